The first kappa shape index (κ1) is 22.9. The summed E-state index contributed by atoms with van der Waals surface area (Å²) in [6, 6.07) is 14.4. The number of benzene rings is 2. The van der Waals surface area contributed by atoms with E-state index in [4.69, 9.17) is 0 Å². The molecule has 1 heterocycles. The van der Waals surface area contributed by atoms with Gasteiger partial charge in [-0.3, -0.25) is 9.69 Å². The minimum atomic E-state index is -3.56. The second kappa shape index (κ2) is 10.0. The smallest absolute Gasteiger partial charge is 0.253 e. The molecule has 3 rings (SSSR count). The van der Waals surface area contributed by atoms with Crippen LogP contribution in [0.4, 0.5) is 0 Å². The molecule has 0 unspecified atom stereocenters. The largest absolute Gasteiger partial charge is 0.336 e. The monoisotopic (exact) mass is 493 g/mol. The van der Waals surface area contributed by atoms with Gasteiger partial charge in [0.2, 0.25) is 10.0 Å². The van der Waals surface area contributed by atoms with Crippen LogP contribution in [0.5, 0.6) is 0 Å². The number of sulfonamides is 1. The molecule has 0 aliphatic carbocycles. The van der Waals surface area contributed by atoms with Crippen molar-refractivity contribution in [3.63, 3.8) is 0 Å². The molecular formula is C22H28BrN3O3S. The predicted molar refractivity (Wildman–Crippen MR) is 122 cm³/mol. The van der Waals surface area contributed by atoms with Crippen molar-refractivity contribution in [1.82, 2.24) is 14.1 Å². The number of nitrogens with zero attached hydrogens (tertiary/aromatic N) is 3. The second-order valence-electron chi connectivity index (χ2n) is 7.31. The number of rotatable bonds is 7. The normalized spacial score (nSPS) is 15.5. The Bertz CT molecular complexity index is 967. The summed E-state index contributed by atoms with van der Waals surface area (Å²) >= 11 is 3.32. The maximum atomic E-state index is 12.9. The van der Waals surface area contributed by atoms with Crippen LogP contribution in [0.2, 0.25) is 0 Å². The molecule has 0 bridgehead atoms. The van der Waals surface area contributed by atoms with Crippen molar-refractivity contribution < 1.29 is 13.2 Å². The SMILES string of the molecule is CCN(CC)Cc1ccc(C(=O)N2CCN(S(=O)(=O)c3cccc(Br)c3)CC2)cc1. The molecule has 0 atom stereocenters. The lowest BCUT2D eigenvalue weighted by atomic mass is 10.1. The summed E-state index contributed by atoms with van der Waals surface area (Å²) in [7, 11) is -3.56. The fourth-order valence-electron chi connectivity index (χ4n) is 3.55. The van der Waals surface area contributed by atoms with Crippen LogP contribution in [0, 0.1) is 0 Å². The molecule has 162 valence electrons. The van der Waals surface area contributed by atoms with Crippen molar-refractivity contribution in [2.75, 3.05) is 39.3 Å². The van der Waals surface area contributed by atoms with Crippen molar-refractivity contribution in [2.24, 2.45) is 0 Å². The third-order valence-electron chi connectivity index (χ3n) is 5.46. The Morgan fingerprint density at radius 2 is 1.63 bits per heavy atom. The summed E-state index contributed by atoms with van der Waals surface area (Å²) in [5, 5.41) is 0. The molecular weight excluding hydrogens is 466 g/mol. The molecule has 0 saturated carbocycles. The molecule has 1 amide bonds. The summed E-state index contributed by atoms with van der Waals surface area (Å²) in [4.78, 5) is 17.2. The van der Waals surface area contributed by atoms with Gasteiger partial charge < -0.3 is 4.90 Å². The standard InChI is InChI=1S/C22H28BrN3O3S/c1-3-24(4-2)17-18-8-10-19(11-9-18)22(27)25-12-14-26(15-13-25)30(28,29)21-7-5-6-20(23)16-21/h5-11,16H,3-4,12-15,17H2,1-2H3. The Balaban J connectivity index is 1.61. The lowest BCUT2D eigenvalue weighted by molar-refractivity contribution is 0.0698. The quantitative estimate of drug-likeness (QED) is 0.592. The number of amides is 1. The Labute approximate surface area is 187 Å². The average molecular weight is 494 g/mol. The number of carbonyl (C=O) groups excluding carboxylic acids is 1. The van der Waals surface area contributed by atoms with Gasteiger partial charge >= 0.3 is 0 Å². The van der Waals surface area contributed by atoms with E-state index in [2.05, 4.69) is 34.7 Å². The van der Waals surface area contributed by atoms with Gasteiger partial charge in [-0.2, -0.15) is 4.31 Å². The lowest BCUT2D eigenvalue weighted by Gasteiger charge is -2.34. The van der Waals surface area contributed by atoms with Crippen LogP contribution >= 0.6 is 15.9 Å². The van der Waals surface area contributed by atoms with Gasteiger partial charge in [-0.1, -0.05) is 48.0 Å². The summed E-state index contributed by atoms with van der Waals surface area (Å²) in [5.41, 5.74) is 1.82. The molecule has 6 nitrogen and oxygen atoms in total. The molecule has 2 aromatic carbocycles. The van der Waals surface area contributed by atoms with Crippen LogP contribution < -0.4 is 0 Å². The molecule has 0 N–H and O–H groups in total. The van der Waals surface area contributed by atoms with Crippen LogP contribution in [-0.2, 0) is 16.6 Å². The third kappa shape index (κ3) is 5.29. The van der Waals surface area contributed by atoms with Crippen molar-refractivity contribution in [1.29, 1.82) is 0 Å². The number of halogens is 1. The van der Waals surface area contributed by atoms with E-state index >= 15 is 0 Å². The zero-order valence-corrected chi connectivity index (χ0v) is 19.8. The van der Waals surface area contributed by atoms with E-state index in [0.717, 1.165) is 24.1 Å². The third-order valence-corrected chi connectivity index (χ3v) is 7.85. The Hall–Kier alpha value is -1.74. The van der Waals surface area contributed by atoms with Crippen LogP contribution in [-0.4, -0.2) is 67.7 Å². The predicted octanol–water partition coefficient (Wildman–Crippen LogP) is 3.44. The molecule has 30 heavy (non-hydrogen) atoms. The van der Waals surface area contributed by atoms with Crippen LogP contribution in [0.15, 0.2) is 57.9 Å². The van der Waals surface area contributed by atoms with Gasteiger partial charge in [-0.25, -0.2) is 8.42 Å². The number of hydrogen-bond donors (Lipinski definition) is 0. The molecule has 2 aromatic rings. The maximum absolute atomic E-state index is 12.9. The highest BCUT2D eigenvalue weighted by molar-refractivity contribution is 9.10. The van der Waals surface area contributed by atoms with Gasteiger partial charge in [0.1, 0.15) is 0 Å². The zero-order valence-electron chi connectivity index (χ0n) is 17.4. The van der Waals surface area contributed by atoms with Gasteiger partial charge in [0.25, 0.3) is 5.91 Å². The minimum Gasteiger partial charge on any atom is -0.336 e. The average Bonchev–Trinajstić information content (AvgIpc) is 2.77. The summed E-state index contributed by atoms with van der Waals surface area (Å²) in [6.07, 6.45) is 0. The molecule has 0 spiro atoms. The van der Waals surface area contributed by atoms with E-state index in [1.165, 1.54) is 9.87 Å². The maximum Gasteiger partial charge on any atom is 0.253 e. The Morgan fingerprint density at radius 1 is 1.00 bits per heavy atom. The fraction of sp³-hybridized carbons (Fsp3) is 0.409. The lowest BCUT2D eigenvalue weighted by Crippen LogP contribution is -2.50. The molecule has 1 aliphatic heterocycles. The molecule has 1 fully saturated rings. The highest BCUT2D eigenvalue weighted by Crippen LogP contribution is 2.21. The van der Waals surface area contributed by atoms with Gasteiger partial charge in [-0.15, -0.1) is 0 Å². The summed E-state index contributed by atoms with van der Waals surface area (Å²) < 4.78 is 27.9. The highest BCUT2D eigenvalue weighted by Gasteiger charge is 2.30. The van der Waals surface area contributed by atoms with E-state index in [-0.39, 0.29) is 10.8 Å². The van der Waals surface area contributed by atoms with Crippen LogP contribution in [0.1, 0.15) is 29.8 Å². The summed E-state index contributed by atoms with van der Waals surface area (Å²) in [5.74, 6) is -0.0520. The van der Waals surface area contributed by atoms with Gasteiger partial charge in [-0.05, 0) is 49.0 Å². The van der Waals surface area contributed by atoms with Crippen molar-refractivity contribution in [3.05, 3.63) is 64.1 Å². The first-order chi connectivity index (χ1) is 14.3. The topological polar surface area (TPSA) is 60.9 Å². The van der Waals surface area contributed by atoms with E-state index in [1.807, 2.05) is 24.3 Å². The molecule has 0 aromatic heterocycles. The fourth-order valence-corrected chi connectivity index (χ4v) is 5.57. The van der Waals surface area contributed by atoms with Crippen molar-refractivity contribution >= 4 is 31.9 Å². The number of carbonyl (C=O) groups is 1. The summed E-state index contributed by atoms with van der Waals surface area (Å²) in [6.45, 7) is 8.47. The van der Waals surface area contributed by atoms with Crippen molar-refractivity contribution in [2.45, 2.75) is 25.3 Å². The van der Waals surface area contributed by atoms with E-state index in [1.54, 1.807) is 29.2 Å². The molecule has 1 aliphatic rings. The second-order valence-corrected chi connectivity index (χ2v) is 10.2. The van der Waals surface area contributed by atoms with Gasteiger partial charge in [0, 0.05) is 42.8 Å². The first-order valence-electron chi connectivity index (χ1n) is 10.2. The Kier molecular flexibility index (Phi) is 7.68. The minimum absolute atomic E-state index is 0.0520. The molecule has 1 saturated heterocycles. The van der Waals surface area contributed by atoms with Gasteiger partial charge in [0.05, 0.1) is 4.90 Å². The van der Waals surface area contributed by atoms with E-state index < -0.39 is 10.0 Å². The van der Waals surface area contributed by atoms with E-state index in [9.17, 15) is 13.2 Å². The number of hydrogen-bond acceptors (Lipinski definition) is 4. The Morgan fingerprint density at radius 3 is 2.20 bits per heavy atom. The molecule has 8 heteroatoms. The van der Waals surface area contributed by atoms with Crippen molar-refractivity contribution in [3.8, 4) is 0 Å². The van der Waals surface area contributed by atoms with Crippen LogP contribution in [0.3, 0.4) is 0 Å². The first-order valence-corrected chi connectivity index (χ1v) is 12.4. The highest BCUT2D eigenvalue weighted by atomic mass is 79.9. The zero-order chi connectivity index (χ0) is 21.7. The van der Waals surface area contributed by atoms with E-state index in [0.29, 0.717) is 31.7 Å². The van der Waals surface area contributed by atoms with Gasteiger partial charge in [0.15, 0.2) is 0 Å². The molecule has 0 radical (unpaired) electrons. The van der Waals surface area contributed by atoms with Crippen LogP contribution in [0.25, 0.3) is 0 Å². The number of piperazine rings is 1.